The summed E-state index contributed by atoms with van der Waals surface area (Å²) < 4.78 is 5.83. The van der Waals surface area contributed by atoms with Crippen molar-refractivity contribution in [1.29, 1.82) is 0 Å². The first-order valence-electron chi connectivity index (χ1n) is 6.91. The predicted octanol–water partition coefficient (Wildman–Crippen LogP) is 2.50. The molecule has 1 aromatic carbocycles. The number of nitrogens with one attached hydrogen (secondary N) is 2. The van der Waals surface area contributed by atoms with Crippen LogP contribution >= 0.6 is 0 Å². The summed E-state index contributed by atoms with van der Waals surface area (Å²) in [5, 5.41) is 2.81. The molecule has 0 spiro atoms. The van der Waals surface area contributed by atoms with Gasteiger partial charge in [0.1, 0.15) is 11.6 Å². The van der Waals surface area contributed by atoms with E-state index in [1.807, 2.05) is 32.0 Å². The second-order valence-electron chi connectivity index (χ2n) is 5.58. The van der Waals surface area contributed by atoms with Gasteiger partial charge in [-0.05, 0) is 51.0 Å². The lowest BCUT2D eigenvalue weighted by molar-refractivity contribution is -0.134. The van der Waals surface area contributed by atoms with Crippen LogP contribution < -0.4 is 10.1 Å². The maximum absolute atomic E-state index is 12.2. The SMILES string of the molecule is Cc1ccc(OC(C)(C)C(=O)NCc2ncc[nH]2)cc1C. The van der Waals surface area contributed by atoms with Crippen molar-refractivity contribution >= 4 is 5.91 Å². The van der Waals surface area contributed by atoms with Crippen LogP contribution in [0.25, 0.3) is 0 Å². The molecule has 0 fully saturated rings. The van der Waals surface area contributed by atoms with Crippen LogP contribution in [-0.4, -0.2) is 21.5 Å². The summed E-state index contributed by atoms with van der Waals surface area (Å²) in [7, 11) is 0. The van der Waals surface area contributed by atoms with Crippen molar-refractivity contribution in [3.8, 4) is 5.75 Å². The Hall–Kier alpha value is -2.30. The van der Waals surface area contributed by atoms with Crippen molar-refractivity contribution in [2.45, 2.75) is 39.8 Å². The summed E-state index contributed by atoms with van der Waals surface area (Å²) in [6.07, 6.45) is 3.37. The number of hydrogen-bond acceptors (Lipinski definition) is 3. The maximum atomic E-state index is 12.2. The standard InChI is InChI=1S/C16H21N3O2/c1-11-5-6-13(9-12(11)2)21-16(3,4)15(20)19-10-14-17-7-8-18-14/h5-9H,10H2,1-4H3,(H,17,18)(H,19,20). The summed E-state index contributed by atoms with van der Waals surface area (Å²) in [4.78, 5) is 19.2. The number of ether oxygens (including phenoxy) is 1. The third kappa shape index (κ3) is 3.84. The number of rotatable bonds is 5. The molecule has 0 aliphatic rings. The van der Waals surface area contributed by atoms with Crippen LogP contribution in [0.1, 0.15) is 30.8 Å². The minimum atomic E-state index is -0.950. The van der Waals surface area contributed by atoms with Gasteiger partial charge in [0.25, 0.3) is 5.91 Å². The van der Waals surface area contributed by atoms with Gasteiger partial charge in [0, 0.05) is 12.4 Å². The summed E-state index contributed by atoms with van der Waals surface area (Å²) in [5.74, 6) is 1.22. The Kier molecular flexibility index (Phi) is 4.31. The van der Waals surface area contributed by atoms with E-state index in [-0.39, 0.29) is 5.91 Å². The zero-order valence-electron chi connectivity index (χ0n) is 12.9. The van der Waals surface area contributed by atoms with Crippen LogP contribution in [0.4, 0.5) is 0 Å². The first-order chi connectivity index (χ1) is 9.88. The lowest BCUT2D eigenvalue weighted by atomic mass is 10.1. The normalized spacial score (nSPS) is 11.2. The van der Waals surface area contributed by atoms with E-state index in [2.05, 4.69) is 15.3 Å². The molecule has 5 nitrogen and oxygen atoms in total. The fourth-order valence-corrected chi connectivity index (χ4v) is 1.89. The molecule has 0 atom stereocenters. The lowest BCUT2D eigenvalue weighted by Crippen LogP contribution is -2.46. The average molecular weight is 287 g/mol. The van der Waals surface area contributed by atoms with Crippen LogP contribution in [0.15, 0.2) is 30.6 Å². The van der Waals surface area contributed by atoms with Crippen LogP contribution in [0.5, 0.6) is 5.75 Å². The molecule has 2 rings (SSSR count). The van der Waals surface area contributed by atoms with E-state index in [1.165, 1.54) is 5.56 Å². The molecular weight excluding hydrogens is 266 g/mol. The number of imidazole rings is 1. The third-order valence-corrected chi connectivity index (χ3v) is 3.37. The number of carbonyl (C=O) groups is 1. The highest BCUT2D eigenvalue weighted by Gasteiger charge is 2.29. The number of carbonyl (C=O) groups excluding carboxylic acids is 1. The van der Waals surface area contributed by atoms with Crippen LogP contribution in [0.3, 0.4) is 0 Å². The van der Waals surface area contributed by atoms with E-state index >= 15 is 0 Å². The fourth-order valence-electron chi connectivity index (χ4n) is 1.89. The molecule has 0 saturated heterocycles. The van der Waals surface area contributed by atoms with Crippen molar-refractivity contribution in [3.63, 3.8) is 0 Å². The van der Waals surface area contributed by atoms with E-state index in [1.54, 1.807) is 26.2 Å². The highest BCUT2D eigenvalue weighted by molar-refractivity contribution is 5.84. The molecule has 1 amide bonds. The van der Waals surface area contributed by atoms with Gasteiger partial charge in [-0.3, -0.25) is 4.79 Å². The van der Waals surface area contributed by atoms with Gasteiger partial charge in [-0.25, -0.2) is 4.98 Å². The van der Waals surface area contributed by atoms with Crippen molar-refractivity contribution < 1.29 is 9.53 Å². The Bertz CT molecular complexity index is 618. The van der Waals surface area contributed by atoms with E-state index in [9.17, 15) is 4.79 Å². The van der Waals surface area contributed by atoms with Gasteiger partial charge < -0.3 is 15.0 Å². The Morgan fingerprint density at radius 2 is 2.10 bits per heavy atom. The van der Waals surface area contributed by atoms with Gasteiger partial charge in [0.15, 0.2) is 5.60 Å². The minimum absolute atomic E-state index is 0.183. The van der Waals surface area contributed by atoms with Gasteiger partial charge in [0.05, 0.1) is 6.54 Å². The molecule has 21 heavy (non-hydrogen) atoms. The van der Waals surface area contributed by atoms with Crippen molar-refractivity contribution in [2.24, 2.45) is 0 Å². The number of H-pyrrole nitrogens is 1. The molecule has 0 bridgehead atoms. The van der Waals surface area contributed by atoms with Crippen LogP contribution in [0, 0.1) is 13.8 Å². The minimum Gasteiger partial charge on any atom is -0.478 e. The number of aromatic nitrogens is 2. The summed E-state index contributed by atoms with van der Waals surface area (Å²) in [6, 6.07) is 5.81. The molecular formula is C16H21N3O2. The Morgan fingerprint density at radius 3 is 2.71 bits per heavy atom. The van der Waals surface area contributed by atoms with Crippen LogP contribution in [0.2, 0.25) is 0 Å². The summed E-state index contributed by atoms with van der Waals surface area (Å²) >= 11 is 0. The maximum Gasteiger partial charge on any atom is 0.263 e. The Balaban J connectivity index is 1.99. The first kappa shape index (κ1) is 15.1. The van der Waals surface area contributed by atoms with Gasteiger partial charge in [0.2, 0.25) is 0 Å². The van der Waals surface area contributed by atoms with Gasteiger partial charge in [-0.1, -0.05) is 6.07 Å². The summed E-state index contributed by atoms with van der Waals surface area (Å²) in [5.41, 5.74) is 1.38. The van der Waals surface area contributed by atoms with E-state index in [4.69, 9.17) is 4.74 Å². The Labute approximate surface area is 124 Å². The second kappa shape index (κ2) is 5.99. The zero-order chi connectivity index (χ0) is 15.5. The van der Waals surface area contributed by atoms with Gasteiger partial charge in [-0.15, -0.1) is 0 Å². The number of aryl methyl sites for hydroxylation is 2. The highest BCUT2D eigenvalue weighted by atomic mass is 16.5. The number of amides is 1. The first-order valence-corrected chi connectivity index (χ1v) is 6.91. The third-order valence-electron chi connectivity index (χ3n) is 3.37. The average Bonchev–Trinajstić information content (AvgIpc) is 2.93. The number of benzene rings is 1. The molecule has 2 aromatic rings. The van der Waals surface area contributed by atoms with E-state index in [0.29, 0.717) is 18.1 Å². The monoisotopic (exact) mass is 287 g/mol. The van der Waals surface area contributed by atoms with Gasteiger partial charge >= 0.3 is 0 Å². The molecule has 0 aliphatic heterocycles. The molecule has 1 aromatic heterocycles. The van der Waals surface area contributed by atoms with Crippen molar-refractivity contribution in [3.05, 3.63) is 47.5 Å². The second-order valence-corrected chi connectivity index (χ2v) is 5.58. The lowest BCUT2D eigenvalue weighted by Gasteiger charge is -2.25. The molecule has 1 heterocycles. The molecule has 0 saturated carbocycles. The summed E-state index contributed by atoms with van der Waals surface area (Å²) in [6.45, 7) is 7.91. The molecule has 0 aliphatic carbocycles. The van der Waals surface area contributed by atoms with Gasteiger partial charge in [-0.2, -0.15) is 0 Å². The molecule has 2 N–H and O–H groups in total. The largest absolute Gasteiger partial charge is 0.478 e. The Morgan fingerprint density at radius 1 is 1.33 bits per heavy atom. The zero-order valence-corrected chi connectivity index (χ0v) is 12.9. The highest BCUT2D eigenvalue weighted by Crippen LogP contribution is 2.21. The van der Waals surface area contributed by atoms with Crippen molar-refractivity contribution in [1.82, 2.24) is 15.3 Å². The molecule has 0 radical (unpaired) electrons. The topological polar surface area (TPSA) is 67.0 Å². The number of hydrogen-bond donors (Lipinski definition) is 2. The molecule has 0 unspecified atom stereocenters. The predicted molar refractivity (Wildman–Crippen MR) is 81.1 cm³/mol. The number of aromatic amines is 1. The van der Waals surface area contributed by atoms with E-state index in [0.717, 1.165) is 5.56 Å². The van der Waals surface area contributed by atoms with Crippen LogP contribution in [-0.2, 0) is 11.3 Å². The molecule has 5 heteroatoms. The number of nitrogens with zero attached hydrogens (tertiary/aromatic N) is 1. The quantitative estimate of drug-likeness (QED) is 0.888. The molecule has 112 valence electrons. The fraction of sp³-hybridized carbons (Fsp3) is 0.375. The smallest absolute Gasteiger partial charge is 0.263 e. The van der Waals surface area contributed by atoms with E-state index < -0.39 is 5.60 Å². The van der Waals surface area contributed by atoms with Crippen molar-refractivity contribution in [2.75, 3.05) is 0 Å².